The van der Waals surface area contributed by atoms with E-state index >= 15 is 0 Å². The number of methoxy groups -OCH3 is 2. The molecule has 12 heteroatoms. The fourth-order valence-corrected chi connectivity index (χ4v) is 5.22. The van der Waals surface area contributed by atoms with Crippen molar-refractivity contribution in [2.75, 3.05) is 25.8 Å². The molecule has 1 unspecified atom stereocenters. The molecule has 2 aliphatic rings. The van der Waals surface area contributed by atoms with Crippen molar-refractivity contribution in [3.05, 3.63) is 101 Å². The number of carbonyl (C=O) groups is 1. The molecule has 3 aromatic rings. The van der Waals surface area contributed by atoms with Gasteiger partial charge in [-0.2, -0.15) is 18.3 Å². The zero-order valence-corrected chi connectivity index (χ0v) is 24.6. The lowest BCUT2D eigenvalue weighted by Gasteiger charge is -2.28. The van der Waals surface area contributed by atoms with Gasteiger partial charge in [-0.15, -0.1) is 0 Å². The van der Waals surface area contributed by atoms with Crippen molar-refractivity contribution in [2.45, 2.75) is 44.8 Å². The minimum absolute atomic E-state index is 0.0660. The van der Waals surface area contributed by atoms with Crippen molar-refractivity contribution in [2.24, 2.45) is 5.10 Å². The summed E-state index contributed by atoms with van der Waals surface area (Å²) in [6.45, 7) is 4.82. The van der Waals surface area contributed by atoms with E-state index in [9.17, 15) is 27.5 Å². The number of fused-ring (bicyclic) bond motifs is 1. The molecule has 232 valence electrons. The maximum absolute atomic E-state index is 13.8. The molecule has 2 N–H and O–H groups in total. The summed E-state index contributed by atoms with van der Waals surface area (Å²) in [5.41, 5.74) is 1.06. The largest absolute Gasteiger partial charge is 0.493 e. The molecule has 44 heavy (non-hydrogen) atoms. The quantitative estimate of drug-likeness (QED) is 0.313. The van der Waals surface area contributed by atoms with Crippen LogP contribution in [0.4, 0.5) is 23.2 Å². The number of nitrogens with one attached hydrogen (secondary N) is 1. The molecule has 1 amide bonds. The van der Waals surface area contributed by atoms with Crippen LogP contribution in [0.1, 0.15) is 47.3 Å². The van der Waals surface area contributed by atoms with Gasteiger partial charge in [0.25, 0.3) is 5.91 Å². The van der Waals surface area contributed by atoms with Crippen LogP contribution < -0.4 is 19.8 Å². The van der Waals surface area contributed by atoms with Gasteiger partial charge in [0.1, 0.15) is 5.82 Å². The van der Waals surface area contributed by atoms with Gasteiger partial charge in [0.05, 0.1) is 36.7 Å². The summed E-state index contributed by atoms with van der Waals surface area (Å²) in [5, 5.41) is 19.3. The van der Waals surface area contributed by atoms with Gasteiger partial charge in [0.15, 0.2) is 17.7 Å². The number of nitrogens with zero attached hydrogens (tertiary/aromatic N) is 3. The Morgan fingerprint density at radius 1 is 1.02 bits per heavy atom. The molecule has 5 rings (SSSR count). The lowest BCUT2D eigenvalue weighted by Crippen LogP contribution is -2.41. The van der Waals surface area contributed by atoms with Crippen molar-refractivity contribution in [1.29, 1.82) is 0 Å². The van der Waals surface area contributed by atoms with Crippen LogP contribution >= 0.6 is 0 Å². The van der Waals surface area contributed by atoms with Crippen LogP contribution in [-0.4, -0.2) is 48.6 Å². The number of hydrazone groups is 1. The van der Waals surface area contributed by atoms with Crippen molar-refractivity contribution < 1.29 is 36.9 Å². The molecule has 1 atom stereocenters. The maximum Gasteiger partial charge on any atom is 0.419 e. The smallest absolute Gasteiger partial charge is 0.419 e. The predicted molar refractivity (Wildman–Crippen MR) is 157 cm³/mol. The first kappa shape index (κ1) is 30.9. The van der Waals surface area contributed by atoms with Crippen LogP contribution in [0.25, 0.3) is 0 Å². The zero-order valence-electron chi connectivity index (χ0n) is 24.6. The molecule has 0 radical (unpaired) electrons. The zero-order chi connectivity index (χ0) is 31.8. The van der Waals surface area contributed by atoms with Crippen molar-refractivity contribution >= 4 is 17.3 Å². The standard InChI is InChI=1S/C32H32F4N4O4/c1-31(2,21-9-12-27(43-3)28(15-21)44-4)37-29(41)20-7-5-19(6-8-20)17-39-14-13-26-23(18-39)30(42)40(38-26)22-10-11-25(33)24(16-22)32(34,35)36/h5-12,15-16,18,30,42H,13-14,17H2,1-4H3,(H,37,41). The molecule has 2 aliphatic heterocycles. The summed E-state index contributed by atoms with van der Waals surface area (Å²) in [6, 6.07) is 15.1. The van der Waals surface area contributed by atoms with Gasteiger partial charge < -0.3 is 24.8 Å². The van der Waals surface area contributed by atoms with Crippen LogP contribution in [-0.2, 0) is 18.3 Å². The van der Waals surface area contributed by atoms with Crippen LogP contribution in [0, 0.1) is 5.82 Å². The predicted octanol–water partition coefficient (Wildman–Crippen LogP) is 5.81. The van der Waals surface area contributed by atoms with E-state index in [1.54, 1.807) is 38.6 Å². The van der Waals surface area contributed by atoms with Gasteiger partial charge >= 0.3 is 6.18 Å². The lowest BCUT2D eigenvalue weighted by molar-refractivity contribution is -0.139. The summed E-state index contributed by atoms with van der Waals surface area (Å²) in [7, 11) is 3.11. The minimum Gasteiger partial charge on any atom is -0.493 e. The monoisotopic (exact) mass is 612 g/mol. The lowest BCUT2D eigenvalue weighted by atomic mass is 9.93. The SMILES string of the molecule is COc1ccc(C(C)(C)NC(=O)c2ccc(CN3C=C4C(=NN(c5ccc(F)c(C(F)(F)F)c5)C4O)CC3)cc2)cc1OC. The van der Waals surface area contributed by atoms with E-state index in [-0.39, 0.29) is 11.6 Å². The van der Waals surface area contributed by atoms with Gasteiger partial charge in [-0.3, -0.25) is 4.79 Å². The van der Waals surface area contributed by atoms with Gasteiger partial charge in [-0.25, -0.2) is 9.40 Å². The van der Waals surface area contributed by atoms with Crippen molar-refractivity contribution in [3.63, 3.8) is 0 Å². The summed E-state index contributed by atoms with van der Waals surface area (Å²) in [5.74, 6) is -0.489. The van der Waals surface area contributed by atoms with E-state index < -0.39 is 29.3 Å². The molecule has 2 heterocycles. The van der Waals surface area contributed by atoms with Gasteiger partial charge in [-0.1, -0.05) is 18.2 Å². The van der Waals surface area contributed by atoms with Gasteiger partial charge in [0.2, 0.25) is 0 Å². The second-order valence-electron chi connectivity index (χ2n) is 11.1. The number of amides is 1. The number of halogens is 4. The Morgan fingerprint density at radius 3 is 2.39 bits per heavy atom. The number of benzene rings is 3. The highest BCUT2D eigenvalue weighted by molar-refractivity contribution is 6.04. The number of hydrogen-bond donors (Lipinski definition) is 2. The van der Waals surface area contributed by atoms with Crippen molar-refractivity contribution in [1.82, 2.24) is 10.2 Å². The first-order valence-corrected chi connectivity index (χ1v) is 13.8. The number of anilines is 1. The number of ether oxygens (including phenoxy) is 2. The second-order valence-corrected chi connectivity index (χ2v) is 11.1. The fraction of sp³-hybridized carbons (Fsp3) is 0.312. The summed E-state index contributed by atoms with van der Waals surface area (Å²) < 4.78 is 64.1. The Labute approximate surface area is 252 Å². The first-order chi connectivity index (χ1) is 20.8. The van der Waals surface area contributed by atoms with Gasteiger partial charge in [0, 0.05) is 36.8 Å². The average molecular weight is 613 g/mol. The van der Waals surface area contributed by atoms with Crippen molar-refractivity contribution in [3.8, 4) is 11.5 Å². The van der Waals surface area contributed by atoms with Crippen LogP contribution in [0.15, 0.2) is 77.5 Å². The third kappa shape index (κ3) is 6.21. The Kier molecular flexibility index (Phi) is 8.30. The number of rotatable bonds is 8. The molecule has 0 aromatic heterocycles. The Morgan fingerprint density at radius 2 is 1.73 bits per heavy atom. The molecular weight excluding hydrogens is 580 g/mol. The number of alkyl halides is 3. The summed E-state index contributed by atoms with van der Waals surface area (Å²) >= 11 is 0. The second kappa shape index (κ2) is 11.8. The highest BCUT2D eigenvalue weighted by atomic mass is 19.4. The first-order valence-electron chi connectivity index (χ1n) is 13.8. The van der Waals surface area contributed by atoms with Crippen LogP contribution in [0.5, 0.6) is 11.5 Å². The van der Waals surface area contributed by atoms with E-state index in [4.69, 9.17) is 9.47 Å². The summed E-state index contributed by atoms with van der Waals surface area (Å²) in [6.07, 6.45) is -4.01. The number of hydrogen-bond acceptors (Lipinski definition) is 7. The minimum atomic E-state index is -4.88. The van der Waals surface area contributed by atoms with Gasteiger partial charge in [-0.05, 0) is 67.4 Å². The van der Waals surface area contributed by atoms with E-state index in [1.807, 2.05) is 43.0 Å². The van der Waals surface area contributed by atoms with E-state index in [0.29, 0.717) is 53.9 Å². The molecule has 3 aromatic carbocycles. The Balaban J connectivity index is 1.24. The number of aliphatic hydroxyl groups is 1. The molecular formula is C32H32F4N4O4. The highest BCUT2D eigenvalue weighted by Crippen LogP contribution is 2.37. The number of aliphatic hydroxyl groups excluding tert-OH is 1. The third-order valence-electron chi connectivity index (χ3n) is 7.68. The van der Waals surface area contributed by atoms with E-state index in [0.717, 1.165) is 28.3 Å². The van der Waals surface area contributed by atoms with E-state index in [1.165, 1.54) is 0 Å². The normalized spacial score (nSPS) is 16.7. The van der Waals surface area contributed by atoms with Crippen LogP contribution in [0.3, 0.4) is 0 Å². The topological polar surface area (TPSA) is 86.6 Å². The number of carbonyl (C=O) groups excluding carboxylic acids is 1. The fourth-order valence-electron chi connectivity index (χ4n) is 5.22. The third-order valence-corrected chi connectivity index (χ3v) is 7.68. The Bertz CT molecular complexity index is 1620. The molecule has 0 fully saturated rings. The molecule has 0 bridgehead atoms. The van der Waals surface area contributed by atoms with Crippen LogP contribution in [0.2, 0.25) is 0 Å². The van der Waals surface area contributed by atoms with E-state index in [2.05, 4.69) is 10.4 Å². The Hall–Kier alpha value is -4.58. The molecule has 8 nitrogen and oxygen atoms in total. The average Bonchev–Trinajstić information content (AvgIpc) is 3.32. The summed E-state index contributed by atoms with van der Waals surface area (Å²) in [4.78, 5) is 15.1. The molecule has 0 saturated carbocycles. The molecule has 0 spiro atoms. The maximum atomic E-state index is 13.8. The molecule has 0 aliphatic carbocycles. The molecule has 0 saturated heterocycles. The highest BCUT2D eigenvalue weighted by Gasteiger charge is 2.38.